The maximum atomic E-state index is 6.74. The molecule has 1 atom stereocenters. The Bertz CT molecular complexity index is 1130. The highest BCUT2D eigenvalue weighted by Gasteiger charge is 2.26. The molecule has 0 amide bonds. The Morgan fingerprint density at radius 3 is 2.67 bits per heavy atom. The van der Waals surface area contributed by atoms with Crippen molar-refractivity contribution >= 4 is 40.2 Å². The summed E-state index contributed by atoms with van der Waals surface area (Å²) >= 11 is 14.4. The molecule has 2 nitrogen and oxygen atoms in total. The predicted molar refractivity (Wildman–Crippen MR) is 113 cm³/mol. The molecule has 5 rings (SSSR count). The molecule has 3 heterocycles. The van der Waals surface area contributed by atoms with Crippen LogP contribution in [0.15, 0.2) is 72.9 Å². The van der Waals surface area contributed by atoms with E-state index in [1.165, 1.54) is 5.56 Å². The second-order valence-corrected chi connectivity index (χ2v) is 8.68. The average Bonchev–Trinajstić information content (AvgIpc) is 3.27. The number of halogens is 2. The molecule has 2 aromatic carbocycles. The molecule has 0 aliphatic carbocycles. The summed E-state index contributed by atoms with van der Waals surface area (Å²) in [4.78, 5) is 1.11. The van der Waals surface area contributed by atoms with E-state index in [9.17, 15) is 0 Å². The number of thiophene rings is 1. The van der Waals surface area contributed by atoms with Gasteiger partial charge in [0.15, 0.2) is 0 Å². The first-order chi connectivity index (χ1) is 13.2. The number of nitrogens with zero attached hydrogens (tertiary/aromatic N) is 2. The third-order valence-corrected chi connectivity index (χ3v) is 6.51. The number of aromatic nitrogens is 1. The first-order valence-electron chi connectivity index (χ1n) is 8.68. The number of hydrogen-bond acceptors (Lipinski definition) is 1. The van der Waals surface area contributed by atoms with Gasteiger partial charge in [-0.15, -0.1) is 11.3 Å². The number of benzene rings is 2. The fraction of sp³-hybridized carbons (Fsp3) is 0.0909. The minimum absolute atomic E-state index is 0.128. The maximum absolute atomic E-state index is 6.74. The summed E-state index contributed by atoms with van der Waals surface area (Å²) in [5.41, 5.74) is 5.49. The molecule has 133 valence electrons. The Morgan fingerprint density at radius 1 is 0.963 bits per heavy atom. The fourth-order valence-electron chi connectivity index (χ4n) is 3.58. The lowest BCUT2D eigenvalue weighted by molar-refractivity contribution is 0.667. The molecule has 1 unspecified atom stereocenters. The standard InChI is InChI=1S/C22H15Cl2N2S/c23-17-12-14(20-9-10-21(24)27-20)7-8-16(17)22-19-6-3-11-26(19)13-15-4-1-2-5-18(15)25-22/h1-12,22H,13H2. The SMILES string of the molecule is Clc1ccc(-c2ccc(C3[N]c4ccccc4Cn4cccc43)c(Cl)c2)s1. The van der Waals surface area contributed by atoms with Gasteiger partial charge >= 0.3 is 0 Å². The summed E-state index contributed by atoms with van der Waals surface area (Å²) in [6.45, 7) is 0.821. The average molecular weight is 410 g/mol. The first kappa shape index (κ1) is 16.9. The first-order valence-corrected chi connectivity index (χ1v) is 10.3. The van der Waals surface area contributed by atoms with Crippen molar-refractivity contribution in [2.45, 2.75) is 12.6 Å². The topological polar surface area (TPSA) is 19.0 Å². The van der Waals surface area contributed by atoms with Crippen molar-refractivity contribution in [2.75, 3.05) is 0 Å². The van der Waals surface area contributed by atoms with Crippen LogP contribution in [-0.2, 0) is 6.54 Å². The Hall–Kier alpha value is -2.20. The maximum Gasteiger partial charge on any atom is 0.117 e. The molecule has 0 bridgehead atoms. The fourth-order valence-corrected chi connectivity index (χ4v) is 4.90. The largest absolute Gasteiger partial charge is 0.345 e. The van der Waals surface area contributed by atoms with E-state index >= 15 is 0 Å². The summed E-state index contributed by atoms with van der Waals surface area (Å²) < 4.78 is 3.03. The van der Waals surface area contributed by atoms with Crippen LogP contribution < -0.4 is 5.32 Å². The molecule has 4 aromatic rings. The van der Waals surface area contributed by atoms with Crippen molar-refractivity contribution < 1.29 is 0 Å². The molecule has 5 heteroatoms. The summed E-state index contributed by atoms with van der Waals surface area (Å²) in [6.07, 6.45) is 2.11. The highest BCUT2D eigenvalue weighted by Crippen LogP contribution is 2.39. The normalized spacial score (nSPS) is 15.6. The predicted octanol–water partition coefficient (Wildman–Crippen LogP) is 6.91. The Balaban J connectivity index is 1.60. The van der Waals surface area contributed by atoms with Crippen LogP contribution in [0.5, 0.6) is 0 Å². The van der Waals surface area contributed by atoms with Crippen molar-refractivity contribution in [3.63, 3.8) is 0 Å². The monoisotopic (exact) mass is 409 g/mol. The molecule has 0 spiro atoms. The van der Waals surface area contributed by atoms with Crippen LogP contribution in [0, 0.1) is 0 Å². The van der Waals surface area contributed by atoms with Crippen LogP contribution >= 0.6 is 34.5 Å². The van der Waals surface area contributed by atoms with Crippen LogP contribution in [0.2, 0.25) is 9.36 Å². The van der Waals surface area contributed by atoms with E-state index in [2.05, 4.69) is 53.2 Å². The van der Waals surface area contributed by atoms with Crippen molar-refractivity contribution in [2.24, 2.45) is 0 Å². The van der Waals surface area contributed by atoms with E-state index in [0.717, 1.165) is 43.3 Å². The second-order valence-electron chi connectivity index (χ2n) is 6.56. The van der Waals surface area contributed by atoms with Gasteiger partial charge in [-0.05, 0) is 47.5 Å². The van der Waals surface area contributed by atoms with Gasteiger partial charge in [0.05, 0.1) is 10.0 Å². The smallest absolute Gasteiger partial charge is 0.117 e. The molecule has 1 aliphatic rings. The Kier molecular flexibility index (Phi) is 4.24. The molecule has 27 heavy (non-hydrogen) atoms. The van der Waals surface area contributed by atoms with Gasteiger partial charge in [-0.3, -0.25) is 5.32 Å². The van der Waals surface area contributed by atoms with Crippen LogP contribution in [-0.4, -0.2) is 4.57 Å². The number of hydrogen-bond donors (Lipinski definition) is 0. The number of rotatable bonds is 2. The van der Waals surface area contributed by atoms with Gasteiger partial charge in [-0.25, -0.2) is 0 Å². The van der Waals surface area contributed by atoms with E-state index in [1.807, 2.05) is 24.3 Å². The third kappa shape index (κ3) is 3.06. The van der Waals surface area contributed by atoms with Gasteiger partial charge in [0.2, 0.25) is 0 Å². The van der Waals surface area contributed by atoms with E-state index in [4.69, 9.17) is 28.5 Å². The molecule has 0 fully saturated rings. The van der Waals surface area contributed by atoms with Gasteiger partial charge < -0.3 is 4.57 Å². The van der Waals surface area contributed by atoms with Gasteiger partial charge in [-0.2, -0.15) is 0 Å². The van der Waals surface area contributed by atoms with Crippen molar-refractivity contribution in [3.05, 3.63) is 99.1 Å². The molecule has 1 aliphatic heterocycles. The zero-order valence-electron chi connectivity index (χ0n) is 14.3. The third-order valence-electron chi connectivity index (χ3n) is 4.90. The minimum Gasteiger partial charge on any atom is -0.345 e. The van der Waals surface area contributed by atoms with E-state index in [-0.39, 0.29) is 6.04 Å². The number of para-hydroxylation sites is 1. The minimum atomic E-state index is -0.128. The molecule has 0 saturated heterocycles. The van der Waals surface area contributed by atoms with Gasteiger partial charge in [0.25, 0.3) is 0 Å². The summed E-state index contributed by atoms with van der Waals surface area (Å²) in [7, 11) is 0. The van der Waals surface area contributed by atoms with E-state index in [0.29, 0.717) is 0 Å². The lowest BCUT2D eigenvalue weighted by Gasteiger charge is -2.19. The van der Waals surface area contributed by atoms with Gasteiger partial charge in [0, 0.05) is 33.9 Å². The van der Waals surface area contributed by atoms with Gasteiger partial charge in [-0.1, -0.05) is 53.5 Å². The quantitative estimate of drug-likeness (QED) is 0.342. The van der Waals surface area contributed by atoms with Crippen LogP contribution in [0.3, 0.4) is 0 Å². The Labute approximate surface area is 172 Å². The summed E-state index contributed by atoms with van der Waals surface area (Å²) in [5.74, 6) is 0. The zero-order chi connectivity index (χ0) is 18.4. The van der Waals surface area contributed by atoms with Crippen LogP contribution in [0.4, 0.5) is 5.69 Å². The van der Waals surface area contributed by atoms with E-state index < -0.39 is 0 Å². The molecular weight excluding hydrogens is 395 g/mol. The number of fused-ring (bicyclic) bond motifs is 2. The second kappa shape index (κ2) is 6.75. The highest BCUT2D eigenvalue weighted by molar-refractivity contribution is 7.19. The summed E-state index contributed by atoms with van der Waals surface area (Å²) in [6, 6.07) is 22.5. The molecule has 1 radical (unpaired) electrons. The lowest BCUT2D eigenvalue weighted by atomic mass is 10.0. The molecular formula is C22H15Cl2N2S. The van der Waals surface area contributed by atoms with Crippen molar-refractivity contribution in [1.29, 1.82) is 0 Å². The summed E-state index contributed by atoms with van der Waals surface area (Å²) in [5, 5.41) is 5.79. The highest BCUT2D eigenvalue weighted by atomic mass is 35.5. The van der Waals surface area contributed by atoms with Crippen LogP contribution in [0.1, 0.15) is 22.9 Å². The molecule has 2 aromatic heterocycles. The zero-order valence-corrected chi connectivity index (χ0v) is 16.6. The molecule has 0 N–H and O–H groups in total. The Morgan fingerprint density at radius 2 is 1.85 bits per heavy atom. The van der Waals surface area contributed by atoms with Crippen molar-refractivity contribution in [3.8, 4) is 10.4 Å². The van der Waals surface area contributed by atoms with Gasteiger partial charge in [0.1, 0.15) is 6.04 Å². The molecule has 0 saturated carbocycles. The van der Waals surface area contributed by atoms with E-state index in [1.54, 1.807) is 11.3 Å². The van der Waals surface area contributed by atoms with Crippen LogP contribution in [0.25, 0.3) is 10.4 Å². The van der Waals surface area contributed by atoms with Crippen molar-refractivity contribution in [1.82, 2.24) is 9.88 Å². The lowest BCUT2D eigenvalue weighted by Crippen LogP contribution is -2.13.